The Morgan fingerprint density at radius 3 is 2.56 bits per heavy atom. The number of carbonyl (C=O) groups is 1. The van der Waals surface area contributed by atoms with Crippen LogP contribution in [0.25, 0.3) is 11.3 Å². The fraction of sp³-hybridized carbons (Fsp3) is 0.304. The van der Waals surface area contributed by atoms with Gasteiger partial charge in [0.1, 0.15) is 0 Å². The predicted octanol–water partition coefficient (Wildman–Crippen LogP) is 5.80. The zero-order valence-electron chi connectivity index (χ0n) is 17.2. The van der Waals surface area contributed by atoms with Crippen molar-refractivity contribution in [1.82, 2.24) is 9.88 Å². The monoisotopic (exact) mass is 552 g/mol. The Labute approximate surface area is 205 Å². The van der Waals surface area contributed by atoms with E-state index in [1.165, 1.54) is 12.1 Å². The van der Waals surface area contributed by atoms with Gasteiger partial charge >= 0.3 is 0 Å². The van der Waals surface area contributed by atoms with Gasteiger partial charge in [-0.25, -0.2) is 13.4 Å². The van der Waals surface area contributed by atoms with Crippen molar-refractivity contribution in [2.45, 2.75) is 30.1 Å². The largest absolute Gasteiger partial charge is 0.343 e. The molecule has 0 radical (unpaired) electrons. The molecule has 0 saturated carbocycles. The van der Waals surface area contributed by atoms with E-state index in [1.807, 2.05) is 18.2 Å². The summed E-state index contributed by atoms with van der Waals surface area (Å²) >= 11 is 11.0. The molecule has 0 unspecified atom stereocenters. The van der Waals surface area contributed by atoms with E-state index in [9.17, 15) is 13.2 Å². The molecule has 2 heterocycles. The molecule has 168 valence electrons. The first-order valence-electron chi connectivity index (χ1n) is 10.3. The molecule has 5 nitrogen and oxygen atoms in total. The molecule has 32 heavy (non-hydrogen) atoms. The van der Waals surface area contributed by atoms with Gasteiger partial charge in [0.25, 0.3) is 0 Å². The van der Waals surface area contributed by atoms with Gasteiger partial charge in [-0.1, -0.05) is 39.7 Å². The van der Waals surface area contributed by atoms with Gasteiger partial charge in [0.05, 0.1) is 21.3 Å². The van der Waals surface area contributed by atoms with Crippen LogP contribution in [-0.4, -0.2) is 43.1 Å². The van der Waals surface area contributed by atoms with E-state index in [4.69, 9.17) is 16.6 Å². The van der Waals surface area contributed by atoms with Crippen molar-refractivity contribution in [2.75, 3.05) is 18.8 Å². The fourth-order valence-corrected chi connectivity index (χ4v) is 6.53. The molecule has 0 spiro atoms. The minimum atomic E-state index is -3.51. The van der Waals surface area contributed by atoms with Crippen LogP contribution in [0.5, 0.6) is 0 Å². The molecule has 3 aromatic rings. The van der Waals surface area contributed by atoms with Crippen LogP contribution in [0.3, 0.4) is 0 Å². The molecule has 0 N–H and O–H groups in total. The minimum absolute atomic E-state index is 0.0140. The van der Waals surface area contributed by atoms with Crippen LogP contribution < -0.4 is 0 Å². The Morgan fingerprint density at radius 1 is 1.16 bits per heavy atom. The number of thiazole rings is 1. The normalized spacial score (nSPS) is 15.1. The van der Waals surface area contributed by atoms with Gasteiger partial charge < -0.3 is 4.90 Å². The van der Waals surface area contributed by atoms with Gasteiger partial charge in [-0.05, 0) is 49.2 Å². The Balaban J connectivity index is 1.31. The van der Waals surface area contributed by atoms with Crippen molar-refractivity contribution >= 4 is 54.6 Å². The lowest BCUT2D eigenvalue weighted by atomic mass is 9.97. The molecule has 2 aromatic carbocycles. The number of hydrogen-bond acceptors (Lipinski definition) is 5. The summed E-state index contributed by atoms with van der Waals surface area (Å²) in [6.07, 6.45) is 1.65. The third-order valence-corrected chi connectivity index (χ3v) is 9.08. The van der Waals surface area contributed by atoms with Crippen molar-refractivity contribution in [3.8, 4) is 11.3 Å². The number of hydrogen-bond donors (Lipinski definition) is 0. The standard InChI is InChI=1S/C23H22BrClN2O3S2/c24-18-3-1-2-17(14-18)21-15-31-23(26-21)16-8-11-27(12-9-16)22(28)10-13-32(29,30)20-6-4-19(25)5-7-20/h1-7,14-16H,8-13H2. The first-order valence-corrected chi connectivity index (χ1v) is 14.0. The molecule has 1 amide bonds. The smallest absolute Gasteiger partial charge is 0.223 e. The number of nitrogens with zero attached hydrogens (tertiary/aromatic N) is 2. The van der Waals surface area contributed by atoms with E-state index in [0.717, 1.165) is 33.6 Å². The summed E-state index contributed by atoms with van der Waals surface area (Å²) in [5.74, 6) is 0.00767. The van der Waals surface area contributed by atoms with Crippen molar-refractivity contribution in [2.24, 2.45) is 0 Å². The van der Waals surface area contributed by atoms with Crippen LogP contribution in [0, 0.1) is 0 Å². The number of rotatable bonds is 6. The average Bonchev–Trinajstić information content (AvgIpc) is 3.28. The van der Waals surface area contributed by atoms with E-state index >= 15 is 0 Å². The number of likely N-dealkylation sites (tertiary alicyclic amines) is 1. The Bertz CT molecular complexity index is 1200. The molecule has 1 saturated heterocycles. The van der Waals surface area contributed by atoms with Gasteiger partial charge in [-0.2, -0.15) is 0 Å². The highest BCUT2D eigenvalue weighted by Crippen LogP contribution is 2.33. The maximum Gasteiger partial charge on any atom is 0.223 e. The number of halogens is 2. The quantitative estimate of drug-likeness (QED) is 0.387. The number of benzene rings is 2. The SMILES string of the molecule is O=C(CCS(=O)(=O)c1ccc(Cl)cc1)N1CCC(c2nc(-c3cccc(Br)c3)cs2)CC1. The molecule has 0 aliphatic carbocycles. The van der Waals surface area contributed by atoms with Crippen LogP contribution in [0.1, 0.15) is 30.2 Å². The van der Waals surface area contributed by atoms with Crippen molar-refractivity contribution < 1.29 is 13.2 Å². The van der Waals surface area contributed by atoms with Gasteiger partial charge in [0.2, 0.25) is 5.91 Å². The Hall–Kier alpha value is -1.74. The highest BCUT2D eigenvalue weighted by atomic mass is 79.9. The van der Waals surface area contributed by atoms with Crippen molar-refractivity contribution in [3.05, 3.63) is 68.4 Å². The van der Waals surface area contributed by atoms with Crippen LogP contribution in [-0.2, 0) is 14.6 Å². The lowest BCUT2D eigenvalue weighted by Crippen LogP contribution is -2.38. The van der Waals surface area contributed by atoms with Crippen LogP contribution in [0.2, 0.25) is 5.02 Å². The lowest BCUT2D eigenvalue weighted by molar-refractivity contribution is -0.131. The highest BCUT2D eigenvalue weighted by molar-refractivity contribution is 9.10. The lowest BCUT2D eigenvalue weighted by Gasteiger charge is -2.31. The summed E-state index contributed by atoms with van der Waals surface area (Å²) < 4.78 is 26.0. The summed E-state index contributed by atoms with van der Waals surface area (Å²) in [6.45, 7) is 1.24. The van der Waals surface area contributed by atoms with Crippen LogP contribution >= 0.6 is 38.9 Å². The molecule has 1 aliphatic heterocycles. The maximum atomic E-state index is 12.6. The predicted molar refractivity (Wildman–Crippen MR) is 132 cm³/mol. The second kappa shape index (κ2) is 10.0. The molecule has 0 bridgehead atoms. The zero-order chi connectivity index (χ0) is 22.7. The number of aromatic nitrogens is 1. The summed E-state index contributed by atoms with van der Waals surface area (Å²) in [6, 6.07) is 14.1. The van der Waals surface area contributed by atoms with Crippen molar-refractivity contribution in [3.63, 3.8) is 0 Å². The average molecular weight is 554 g/mol. The molecule has 1 fully saturated rings. The zero-order valence-corrected chi connectivity index (χ0v) is 21.2. The van der Waals surface area contributed by atoms with Gasteiger partial charge in [0, 0.05) is 45.9 Å². The number of carbonyl (C=O) groups excluding carboxylic acids is 1. The molecular formula is C23H22BrClN2O3S2. The molecule has 1 aliphatic rings. The van der Waals surface area contributed by atoms with E-state index in [1.54, 1.807) is 28.4 Å². The first kappa shape index (κ1) is 23.4. The van der Waals surface area contributed by atoms with Gasteiger partial charge in [-0.3, -0.25) is 4.79 Å². The Kier molecular flexibility index (Phi) is 7.34. The van der Waals surface area contributed by atoms with Crippen LogP contribution in [0.15, 0.2) is 63.3 Å². The first-order chi connectivity index (χ1) is 15.3. The van der Waals surface area contributed by atoms with Crippen LogP contribution in [0.4, 0.5) is 0 Å². The summed E-state index contributed by atoms with van der Waals surface area (Å²) in [5, 5.41) is 3.65. The fourth-order valence-electron chi connectivity index (χ4n) is 3.77. The van der Waals surface area contributed by atoms with Gasteiger partial charge in [-0.15, -0.1) is 11.3 Å². The third-order valence-electron chi connectivity index (χ3n) is 5.60. The Morgan fingerprint density at radius 2 is 1.88 bits per heavy atom. The molecule has 1 aromatic heterocycles. The molecule has 0 atom stereocenters. The molecule has 4 rings (SSSR count). The molecule has 9 heteroatoms. The number of amides is 1. The summed E-state index contributed by atoms with van der Waals surface area (Å²) in [4.78, 5) is 19.4. The maximum absolute atomic E-state index is 12.6. The van der Waals surface area contributed by atoms with Crippen molar-refractivity contribution in [1.29, 1.82) is 0 Å². The third kappa shape index (κ3) is 5.60. The number of piperidine rings is 1. The topological polar surface area (TPSA) is 67.3 Å². The minimum Gasteiger partial charge on any atom is -0.343 e. The second-order valence-corrected chi connectivity index (χ2v) is 12.1. The van der Waals surface area contributed by atoms with Gasteiger partial charge in [0.15, 0.2) is 9.84 Å². The molecular weight excluding hydrogens is 532 g/mol. The number of sulfone groups is 1. The second-order valence-electron chi connectivity index (χ2n) is 7.76. The summed E-state index contributed by atoms with van der Waals surface area (Å²) in [5.41, 5.74) is 2.05. The van der Waals surface area contributed by atoms with E-state index in [0.29, 0.717) is 24.0 Å². The summed E-state index contributed by atoms with van der Waals surface area (Å²) in [7, 11) is -3.51. The van der Waals surface area contributed by atoms with E-state index < -0.39 is 9.84 Å². The highest BCUT2D eigenvalue weighted by Gasteiger charge is 2.27. The van der Waals surface area contributed by atoms with E-state index in [-0.39, 0.29) is 23.0 Å². The van der Waals surface area contributed by atoms with E-state index in [2.05, 4.69) is 27.4 Å².